The third-order valence-electron chi connectivity index (χ3n) is 3.76. The van der Waals surface area contributed by atoms with Gasteiger partial charge in [0.05, 0.1) is 11.1 Å². The van der Waals surface area contributed by atoms with Crippen LogP contribution in [0.15, 0.2) is 48.5 Å². The third kappa shape index (κ3) is 2.81. The van der Waals surface area contributed by atoms with Crippen molar-refractivity contribution in [3.63, 3.8) is 0 Å². The van der Waals surface area contributed by atoms with Gasteiger partial charge in [-0.2, -0.15) is 0 Å². The van der Waals surface area contributed by atoms with E-state index in [1.807, 2.05) is 24.3 Å². The smallest absolute Gasteiger partial charge is 0.0824 e. The highest BCUT2D eigenvalue weighted by Crippen LogP contribution is 2.54. The Morgan fingerprint density at radius 2 is 1.89 bits per heavy atom. The first kappa shape index (κ1) is 13.4. The van der Waals surface area contributed by atoms with E-state index in [1.54, 1.807) is 0 Å². The van der Waals surface area contributed by atoms with E-state index < -0.39 is 6.10 Å². The van der Waals surface area contributed by atoms with Gasteiger partial charge in [0.15, 0.2) is 0 Å². The van der Waals surface area contributed by atoms with Crippen LogP contribution in [0.1, 0.15) is 29.6 Å². The first-order valence-corrected chi connectivity index (χ1v) is 7.80. The van der Waals surface area contributed by atoms with E-state index in [9.17, 15) is 5.11 Å². The predicted octanol–water partition coefficient (Wildman–Crippen LogP) is 4.78. The molecule has 3 unspecified atom stereocenters. The fraction of sp³-hybridized carbons (Fsp3) is 0.250. The summed E-state index contributed by atoms with van der Waals surface area (Å²) in [6.07, 6.45) is 0.633. The number of aliphatic hydroxyl groups is 1. The summed E-state index contributed by atoms with van der Waals surface area (Å²) < 4.78 is 1.02. The lowest BCUT2D eigenvalue weighted by Gasteiger charge is -2.12. The molecular weight excluding hydrogens is 371 g/mol. The number of benzene rings is 2. The van der Waals surface area contributed by atoms with Gasteiger partial charge in [-0.15, -0.1) is 0 Å². The van der Waals surface area contributed by atoms with E-state index in [2.05, 4.69) is 46.9 Å². The fourth-order valence-electron chi connectivity index (χ4n) is 2.59. The predicted molar refractivity (Wildman–Crippen MR) is 86.4 cm³/mol. The molecule has 1 aliphatic rings. The largest absolute Gasteiger partial charge is 0.388 e. The maximum atomic E-state index is 10.4. The van der Waals surface area contributed by atoms with Gasteiger partial charge in [-0.25, -0.2) is 0 Å². The standard InChI is InChI=1S/C16H14ClIO/c17-14-8-11(6-7-15(14)18)16(19)13-9-12(13)10-4-2-1-3-5-10/h1-8,12-13,16,19H,9H2. The summed E-state index contributed by atoms with van der Waals surface area (Å²) >= 11 is 8.32. The molecule has 1 N–H and O–H groups in total. The van der Waals surface area contributed by atoms with E-state index in [-0.39, 0.29) is 0 Å². The van der Waals surface area contributed by atoms with Crippen LogP contribution < -0.4 is 0 Å². The van der Waals surface area contributed by atoms with Crippen molar-refractivity contribution < 1.29 is 5.11 Å². The molecule has 3 rings (SSSR count). The van der Waals surface area contributed by atoms with Crippen LogP contribution >= 0.6 is 34.2 Å². The molecule has 1 nitrogen and oxygen atoms in total. The number of hydrogen-bond acceptors (Lipinski definition) is 1. The number of halogens is 2. The summed E-state index contributed by atoms with van der Waals surface area (Å²) in [4.78, 5) is 0. The average Bonchev–Trinajstić information content (AvgIpc) is 3.22. The molecule has 0 aromatic heterocycles. The van der Waals surface area contributed by atoms with Crippen LogP contribution in [0.5, 0.6) is 0 Å². The van der Waals surface area contributed by atoms with E-state index in [0.717, 1.165) is 15.6 Å². The normalized spacial score (nSPS) is 23.1. The highest BCUT2D eigenvalue weighted by molar-refractivity contribution is 14.1. The second kappa shape index (κ2) is 5.43. The van der Waals surface area contributed by atoms with Gasteiger partial charge in [0.25, 0.3) is 0 Å². The Morgan fingerprint density at radius 3 is 2.58 bits per heavy atom. The van der Waals surface area contributed by atoms with E-state index in [0.29, 0.717) is 16.9 Å². The topological polar surface area (TPSA) is 20.2 Å². The molecule has 0 heterocycles. The van der Waals surface area contributed by atoms with Gasteiger partial charge in [-0.3, -0.25) is 0 Å². The lowest BCUT2D eigenvalue weighted by molar-refractivity contribution is 0.151. The summed E-state index contributed by atoms with van der Waals surface area (Å²) in [6, 6.07) is 16.2. The monoisotopic (exact) mass is 384 g/mol. The molecule has 1 saturated carbocycles. The zero-order valence-electron chi connectivity index (χ0n) is 10.3. The van der Waals surface area contributed by atoms with Crippen molar-refractivity contribution in [3.05, 3.63) is 68.3 Å². The van der Waals surface area contributed by atoms with Crippen molar-refractivity contribution in [2.45, 2.75) is 18.4 Å². The lowest BCUT2D eigenvalue weighted by Crippen LogP contribution is -2.01. The van der Waals surface area contributed by atoms with E-state index in [1.165, 1.54) is 5.56 Å². The SMILES string of the molecule is OC(c1ccc(I)c(Cl)c1)C1CC1c1ccccc1. The number of rotatable bonds is 3. The van der Waals surface area contributed by atoms with E-state index in [4.69, 9.17) is 11.6 Å². The molecule has 1 fully saturated rings. The van der Waals surface area contributed by atoms with E-state index >= 15 is 0 Å². The van der Waals surface area contributed by atoms with Gasteiger partial charge in [0, 0.05) is 3.57 Å². The van der Waals surface area contributed by atoms with Crippen LogP contribution in [0.3, 0.4) is 0 Å². The summed E-state index contributed by atoms with van der Waals surface area (Å²) in [5.41, 5.74) is 2.25. The Hall–Kier alpha value is -0.580. The third-order valence-corrected chi connectivity index (χ3v) is 5.33. The molecule has 1 aliphatic carbocycles. The van der Waals surface area contributed by atoms with Crippen LogP contribution in [0.4, 0.5) is 0 Å². The Morgan fingerprint density at radius 1 is 1.16 bits per heavy atom. The second-order valence-electron chi connectivity index (χ2n) is 5.04. The second-order valence-corrected chi connectivity index (χ2v) is 6.60. The molecule has 98 valence electrons. The zero-order chi connectivity index (χ0) is 13.4. The minimum atomic E-state index is -0.417. The molecule has 0 amide bonds. The summed E-state index contributed by atoms with van der Waals surface area (Å²) in [7, 11) is 0. The van der Waals surface area contributed by atoms with Gasteiger partial charge in [0.1, 0.15) is 0 Å². The maximum absolute atomic E-state index is 10.4. The van der Waals surface area contributed by atoms with Gasteiger partial charge >= 0.3 is 0 Å². The molecule has 3 atom stereocenters. The van der Waals surface area contributed by atoms with Crippen molar-refractivity contribution in [1.82, 2.24) is 0 Å². The zero-order valence-corrected chi connectivity index (χ0v) is 13.2. The Kier molecular flexibility index (Phi) is 3.83. The first-order valence-electron chi connectivity index (χ1n) is 6.35. The van der Waals surface area contributed by atoms with Gasteiger partial charge < -0.3 is 5.11 Å². The molecule has 0 aliphatic heterocycles. The van der Waals surface area contributed by atoms with Crippen molar-refractivity contribution >= 4 is 34.2 Å². The molecule has 2 aromatic rings. The highest BCUT2D eigenvalue weighted by Gasteiger charge is 2.43. The minimum absolute atomic E-state index is 0.318. The van der Waals surface area contributed by atoms with Crippen molar-refractivity contribution in [3.8, 4) is 0 Å². The molecule has 0 bridgehead atoms. The van der Waals surface area contributed by atoms with Crippen molar-refractivity contribution in [2.75, 3.05) is 0 Å². The Balaban J connectivity index is 1.76. The average molecular weight is 385 g/mol. The maximum Gasteiger partial charge on any atom is 0.0824 e. The molecule has 0 saturated heterocycles. The minimum Gasteiger partial charge on any atom is -0.388 e. The number of aliphatic hydroxyl groups excluding tert-OH is 1. The van der Waals surface area contributed by atoms with Crippen LogP contribution in [-0.2, 0) is 0 Å². The molecule has 2 aromatic carbocycles. The summed E-state index contributed by atoms with van der Waals surface area (Å²) in [5.74, 6) is 0.799. The Bertz CT molecular complexity index is 585. The first-order chi connectivity index (χ1) is 9.16. The quantitative estimate of drug-likeness (QED) is 0.755. The molecule has 0 radical (unpaired) electrons. The molecule has 0 spiro atoms. The van der Waals surface area contributed by atoms with Crippen LogP contribution in [-0.4, -0.2) is 5.11 Å². The van der Waals surface area contributed by atoms with Gasteiger partial charge in [-0.1, -0.05) is 48.0 Å². The van der Waals surface area contributed by atoms with Crippen LogP contribution in [0, 0.1) is 9.49 Å². The summed E-state index contributed by atoms with van der Waals surface area (Å²) in [6.45, 7) is 0. The van der Waals surface area contributed by atoms with Crippen LogP contribution in [0.2, 0.25) is 5.02 Å². The van der Waals surface area contributed by atoms with Crippen molar-refractivity contribution in [1.29, 1.82) is 0 Å². The molecule has 19 heavy (non-hydrogen) atoms. The van der Waals surface area contributed by atoms with Crippen LogP contribution in [0.25, 0.3) is 0 Å². The van der Waals surface area contributed by atoms with Crippen molar-refractivity contribution in [2.24, 2.45) is 5.92 Å². The molecule has 3 heteroatoms. The fourth-order valence-corrected chi connectivity index (χ4v) is 3.12. The highest BCUT2D eigenvalue weighted by atomic mass is 127. The Labute approximate surface area is 131 Å². The van der Waals surface area contributed by atoms with Gasteiger partial charge in [0.2, 0.25) is 0 Å². The molecular formula is C16H14ClIO. The van der Waals surface area contributed by atoms with Gasteiger partial charge in [-0.05, 0) is 64.1 Å². The summed E-state index contributed by atoms with van der Waals surface area (Å²) in [5, 5.41) is 11.2. The number of hydrogen-bond donors (Lipinski definition) is 1. The lowest BCUT2D eigenvalue weighted by atomic mass is 10.0.